The molecule has 1 amide bonds. The Hall–Kier alpha value is -2.08. The third-order valence-electron chi connectivity index (χ3n) is 3.59. The number of furan rings is 1. The van der Waals surface area contributed by atoms with Gasteiger partial charge in [0.05, 0.1) is 6.26 Å². The molecule has 2 aromatic rings. The van der Waals surface area contributed by atoms with Crippen LogP contribution in [-0.2, 0) is 11.8 Å². The molecule has 1 unspecified atom stereocenters. The predicted molar refractivity (Wildman–Crippen MR) is 77.5 cm³/mol. The topological polar surface area (TPSA) is 72.1 Å². The highest BCUT2D eigenvalue weighted by atomic mass is 16.3. The number of amides is 1. The number of imidazole rings is 1. The largest absolute Gasteiger partial charge is 0.467 e. The lowest BCUT2D eigenvalue weighted by molar-refractivity contribution is -0.121. The van der Waals surface area contributed by atoms with Gasteiger partial charge in [0.2, 0.25) is 5.91 Å². The van der Waals surface area contributed by atoms with Crippen LogP contribution >= 0.6 is 0 Å². The number of carbonyl (C=O) groups excluding carboxylic acids is 1. The minimum absolute atomic E-state index is 0.100. The first-order valence-corrected chi connectivity index (χ1v) is 7.27. The third kappa shape index (κ3) is 3.52. The van der Waals surface area contributed by atoms with E-state index in [2.05, 4.69) is 15.6 Å². The molecular formula is C15H20N4O2. The fourth-order valence-electron chi connectivity index (χ4n) is 2.29. The molecule has 6 nitrogen and oxygen atoms in total. The third-order valence-corrected chi connectivity index (χ3v) is 3.59. The summed E-state index contributed by atoms with van der Waals surface area (Å²) in [5.41, 5.74) is 0. The monoisotopic (exact) mass is 288 g/mol. The van der Waals surface area contributed by atoms with Crippen molar-refractivity contribution in [2.24, 2.45) is 7.05 Å². The van der Waals surface area contributed by atoms with Crippen molar-refractivity contribution in [3.05, 3.63) is 42.4 Å². The maximum Gasteiger partial charge on any atom is 0.221 e. The highest BCUT2D eigenvalue weighted by molar-refractivity contribution is 5.76. The van der Waals surface area contributed by atoms with Crippen LogP contribution in [0.25, 0.3) is 0 Å². The van der Waals surface area contributed by atoms with E-state index >= 15 is 0 Å². The SMILES string of the molecule is Cn1ccnc1C(NCCC(=O)NC1CC1)c1ccco1. The Morgan fingerprint density at radius 3 is 3.05 bits per heavy atom. The summed E-state index contributed by atoms with van der Waals surface area (Å²) in [4.78, 5) is 16.1. The molecule has 1 aliphatic rings. The fraction of sp³-hybridized carbons (Fsp3) is 0.467. The molecule has 0 saturated heterocycles. The van der Waals surface area contributed by atoms with E-state index in [0.717, 1.165) is 24.4 Å². The Morgan fingerprint density at radius 2 is 2.43 bits per heavy atom. The summed E-state index contributed by atoms with van der Waals surface area (Å²) < 4.78 is 7.44. The van der Waals surface area contributed by atoms with E-state index in [1.807, 2.05) is 29.9 Å². The van der Waals surface area contributed by atoms with Crippen molar-refractivity contribution in [2.75, 3.05) is 6.54 Å². The molecule has 1 aliphatic carbocycles. The zero-order valence-electron chi connectivity index (χ0n) is 12.1. The Balaban J connectivity index is 1.60. The molecule has 0 radical (unpaired) electrons. The zero-order chi connectivity index (χ0) is 14.7. The van der Waals surface area contributed by atoms with E-state index in [1.54, 1.807) is 12.5 Å². The van der Waals surface area contributed by atoms with Crippen LogP contribution in [-0.4, -0.2) is 28.0 Å². The molecule has 112 valence electrons. The molecule has 0 bridgehead atoms. The van der Waals surface area contributed by atoms with E-state index in [1.165, 1.54) is 0 Å². The number of carbonyl (C=O) groups is 1. The normalized spacial score (nSPS) is 15.9. The minimum Gasteiger partial charge on any atom is -0.467 e. The van der Waals surface area contributed by atoms with Crippen molar-refractivity contribution in [1.82, 2.24) is 20.2 Å². The van der Waals surface area contributed by atoms with Crippen LogP contribution < -0.4 is 10.6 Å². The summed E-state index contributed by atoms with van der Waals surface area (Å²) in [6.45, 7) is 0.580. The first-order chi connectivity index (χ1) is 10.2. The molecule has 1 fully saturated rings. The summed E-state index contributed by atoms with van der Waals surface area (Å²) in [5, 5.41) is 6.34. The van der Waals surface area contributed by atoms with Crippen LogP contribution in [0.1, 0.15) is 36.9 Å². The molecule has 1 atom stereocenters. The Bertz CT molecular complexity index is 587. The molecule has 2 N–H and O–H groups in total. The van der Waals surface area contributed by atoms with Gasteiger partial charge < -0.3 is 19.6 Å². The van der Waals surface area contributed by atoms with Gasteiger partial charge in [-0.2, -0.15) is 0 Å². The number of hydrogen-bond acceptors (Lipinski definition) is 4. The summed E-state index contributed by atoms with van der Waals surface area (Å²) in [5.74, 6) is 1.77. The maximum absolute atomic E-state index is 11.7. The molecule has 0 aromatic carbocycles. The van der Waals surface area contributed by atoms with Crippen molar-refractivity contribution >= 4 is 5.91 Å². The molecule has 2 heterocycles. The van der Waals surface area contributed by atoms with Gasteiger partial charge in [0.1, 0.15) is 17.6 Å². The van der Waals surface area contributed by atoms with Gasteiger partial charge in [-0.3, -0.25) is 4.79 Å². The number of hydrogen-bond donors (Lipinski definition) is 2. The molecule has 3 rings (SSSR count). The lowest BCUT2D eigenvalue weighted by Crippen LogP contribution is -2.31. The van der Waals surface area contributed by atoms with Crippen molar-refractivity contribution in [1.29, 1.82) is 0 Å². The van der Waals surface area contributed by atoms with Crippen LogP contribution in [0.4, 0.5) is 0 Å². The average molecular weight is 288 g/mol. The number of nitrogens with one attached hydrogen (secondary N) is 2. The van der Waals surface area contributed by atoms with Gasteiger partial charge in [-0.1, -0.05) is 0 Å². The first-order valence-electron chi connectivity index (χ1n) is 7.27. The molecule has 21 heavy (non-hydrogen) atoms. The minimum atomic E-state index is -0.145. The van der Waals surface area contributed by atoms with Crippen molar-refractivity contribution in [3.8, 4) is 0 Å². The number of rotatable bonds is 7. The van der Waals surface area contributed by atoms with Crippen LogP contribution in [0.15, 0.2) is 35.2 Å². The first kappa shape index (κ1) is 13.9. The Labute approximate surface area is 123 Å². The molecule has 6 heteroatoms. The van der Waals surface area contributed by atoms with Gasteiger partial charge in [0.15, 0.2) is 0 Å². The van der Waals surface area contributed by atoms with Gasteiger partial charge in [0.25, 0.3) is 0 Å². The van der Waals surface area contributed by atoms with Crippen LogP contribution in [0.5, 0.6) is 0 Å². The Morgan fingerprint density at radius 1 is 1.57 bits per heavy atom. The summed E-state index contributed by atoms with van der Waals surface area (Å²) in [7, 11) is 1.94. The number of aromatic nitrogens is 2. The standard InChI is InChI=1S/C15H20N4O2/c1-19-9-8-17-15(19)14(12-3-2-10-21-12)16-7-6-13(20)18-11-4-5-11/h2-3,8-11,14,16H,4-7H2,1H3,(H,18,20). The molecular weight excluding hydrogens is 268 g/mol. The Kier molecular flexibility index (Phi) is 4.06. The van der Waals surface area contributed by atoms with E-state index in [4.69, 9.17) is 4.42 Å². The summed E-state index contributed by atoms with van der Waals surface area (Å²) >= 11 is 0. The zero-order valence-corrected chi connectivity index (χ0v) is 12.1. The van der Waals surface area contributed by atoms with E-state index < -0.39 is 0 Å². The van der Waals surface area contributed by atoms with Crippen molar-refractivity contribution < 1.29 is 9.21 Å². The van der Waals surface area contributed by atoms with Gasteiger partial charge in [-0.25, -0.2) is 4.98 Å². The molecule has 2 aromatic heterocycles. The lowest BCUT2D eigenvalue weighted by atomic mass is 10.2. The highest BCUT2D eigenvalue weighted by Gasteiger charge is 2.24. The van der Waals surface area contributed by atoms with Gasteiger partial charge in [-0.05, 0) is 25.0 Å². The maximum atomic E-state index is 11.7. The van der Waals surface area contributed by atoms with Gasteiger partial charge in [0, 0.05) is 38.4 Å². The quantitative estimate of drug-likeness (QED) is 0.807. The summed E-state index contributed by atoms with van der Waals surface area (Å²) in [6.07, 6.45) is 7.98. The van der Waals surface area contributed by atoms with Crippen LogP contribution in [0.3, 0.4) is 0 Å². The van der Waals surface area contributed by atoms with E-state index in [-0.39, 0.29) is 11.9 Å². The fourth-order valence-corrected chi connectivity index (χ4v) is 2.29. The average Bonchev–Trinajstić information content (AvgIpc) is 2.95. The van der Waals surface area contributed by atoms with Crippen molar-refractivity contribution in [2.45, 2.75) is 31.3 Å². The number of aryl methyl sites for hydroxylation is 1. The van der Waals surface area contributed by atoms with Crippen LogP contribution in [0, 0.1) is 0 Å². The second-order valence-electron chi connectivity index (χ2n) is 5.39. The number of nitrogens with zero attached hydrogens (tertiary/aromatic N) is 2. The second kappa shape index (κ2) is 6.13. The smallest absolute Gasteiger partial charge is 0.221 e. The van der Waals surface area contributed by atoms with Crippen molar-refractivity contribution in [3.63, 3.8) is 0 Å². The molecule has 0 spiro atoms. The van der Waals surface area contributed by atoms with Crippen LogP contribution in [0.2, 0.25) is 0 Å². The van der Waals surface area contributed by atoms with Gasteiger partial charge in [-0.15, -0.1) is 0 Å². The van der Waals surface area contributed by atoms with E-state index in [9.17, 15) is 4.79 Å². The second-order valence-corrected chi connectivity index (χ2v) is 5.39. The predicted octanol–water partition coefficient (Wildman–Crippen LogP) is 1.36. The van der Waals surface area contributed by atoms with Gasteiger partial charge >= 0.3 is 0 Å². The molecule has 1 saturated carbocycles. The van der Waals surface area contributed by atoms with E-state index in [0.29, 0.717) is 19.0 Å². The lowest BCUT2D eigenvalue weighted by Gasteiger charge is -2.16. The molecule has 0 aliphatic heterocycles. The highest BCUT2D eigenvalue weighted by Crippen LogP contribution is 2.21. The summed E-state index contributed by atoms with van der Waals surface area (Å²) in [6, 6.07) is 4.03.